The number of ether oxygens (including phenoxy) is 2. The zero-order valence-corrected chi connectivity index (χ0v) is 10.3. The van der Waals surface area contributed by atoms with Gasteiger partial charge in [0.1, 0.15) is 6.10 Å². The number of aliphatic hydroxyl groups excluding tert-OH is 1. The summed E-state index contributed by atoms with van der Waals surface area (Å²) < 4.78 is 11.0. The largest absolute Gasteiger partial charge is 0.390 e. The topological polar surface area (TPSA) is 38.7 Å². The van der Waals surface area contributed by atoms with Crippen LogP contribution in [-0.2, 0) is 9.47 Å². The molecule has 0 aromatic carbocycles. The van der Waals surface area contributed by atoms with Gasteiger partial charge in [-0.25, -0.2) is 0 Å². The standard InChI is InChI=1S/C12H22O3/c1-8(2)6-9(3)11(13)10-7-14-12(4,5)15-10/h6,9-11,13H,7H2,1-5H3/t9-,10-,11-/m1/s1. The van der Waals surface area contributed by atoms with E-state index in [0.717, 1.165) is 0 Å². The average molecular weight is 214 g/mol. The number of rotatable bonds is 3. The number of aliphatic hydroxyl groups is 1. The van der Waals surface area contributed by atoms with E-state index < -0.39 is 11.9 Å². The molecule has 0 amide bonds. The van der Waals surface area contributed by atoms with Gasteiger partial charge in [-0.05, 0) is 27.7 Å². The highest BCUT2D eigenvalue weighted by Crippen LogP contribution is 2.27. The molecule has 1 aliphatic rings. The van der Waals surface area contributed by atoms with E-state index in [9.17, 15) is 5.11 Å². The maximum Gasteiger partial charge on any atom is 0.163 e. The lowest BCUT2D eigenvalue weighted by molar-refractivity contribution is -0.153. The van der Waals surface area contributed by atoms with Crippen LogP contribution < -0.4 is 0 Å². The Kier molecular flexibility index (Phi) is 3.93. The predicted molar refractivity (Wildman–Crippen MR) is 59.5 cm³/mol. The maximum atomic E-state index is 10.0. The minimum Gasteiger partial charge on any atom is -0.390 e. The van der Waals surface area contributed by atoms with E-state index in [1.165, 1.54) is 5.57 Å². The third-order valence-electron chi connectivity index (χ3n) is 2.55. The fraction of sp³-hybridized carbons (Fsp3) is 0.833. The summed E-state index contributed by atoms with van der Waals surface area (Å²) in [5.41, 5.74) is 1.21. The first-order valence-corrected chi connectivity index (χ1v) is 5.47. The minimum atomic E-state index is -0.559. The van der Waals surface area contributed by atoms with Gasteiger partial charge in [0.2, 0.25) is 0 Å². The smallest absolute Gasteiger partial charge is 0.163 e. The molecule has 0 saturated carbocycles. The fourth-order valence-corrected chi connectivity index (χ4v) is 1.85. The van der Waals surface area contributed by atoms with E-state index in [0.29, 0.717) is 6.61 Å². The minimum absolute atomic E-state index is 0.0949. The lowest BCUT2D eigenvalue weighted by atomic mass is 9.98. The average Bonchev–Trinajstić information content (AvgIpc) is 2.43. The molecule has 0 bridgehead atoms. The molecule has 0 spiro atoms. The van der Waals surface area contributed by atoms with Crippen molar-refractivity contribution in [3.63, 3.8) is 0 Å². The van der Waals surface area contributed by atoms with E-state index in [4.69, 9.17) is 9.47 Å². The van der Waals surface area contributed by atoms with Gasteiger partial charge < -0.3 is 14.6 Å². The molecule has 1 rings (SSSR count). The second-order valence-corrected chi connectivity index (χ2v) is 4.96. The molecule has 3 atom stereocenters. The van der Waals surface area contributed by atoms with Crippen molar-refractivity contribution in [1.82, 2.24) is 0 Å². The van der Waals surface area contributed by atoms with Crippen molar-refractivity contribution in [3.05, 3.63) is 11.6 Å². The van der Waals surface area contributed by atoms with E-state index in [-0.39, 0.29) is 12.0 Å². The zero-order valence-electron chi connectivity index (χ0n) is 10.3. The Morgan fingerprint density at radius 2 is 2.07 bits per heavy atom. The van der Waals surface area contributed by atoms with E-state index in [1.807, 2.05) is 34.6 Å². The summed E-state index contributed by atoms with van der Waals surface area (Å²) in [6, 6.07) is 0. The first-order chi connectivity index (χ1) is 6.82. The molecule has 1 aliphatic heterocycles. The number of hydrogen-bond acceptors (Lipinski definition) is 3. The summed E-state index contributed by atoms with van der Waals surface area (Å²) in [5.74, 6) is -0.464. The molecule has 0 unspecified atom stereocenters. The molecule has 88 valence electrons. The van der Waals surface area contributed by atoms with Gasteiger partial charge in [0, 0.05) is 5.92 Å². The molecule has 0 aromatic rings. The molecule has 3 heteroatoms. The van der Waals surface area contributed by atoms with Crippen LogP contribution in [0.3, 0.4) is 0 Å². The first kappa shape index (κ1) is 12.7. The van der Waals surface area contributed by atoms with Crippen molar-refractivity contribution in [3.8, 4) is 0 Å². The van der Waals surface area contributed by atoms with Crippen LogP contribution in [-0.4, -0.2) is 29.7 Å². The van der Waals surface area contributed by atoms with Gasteiger partial charge in [-0.3, -0.25) is 0 Å². The van der Waals surface area contributed by atoms with Crippen LogP contribution >= 0.6 is 0 Å². The summed E-state index contributed by atoms with van der Waals surface area (Å²) in [7, 11) is 0. The van der Waals surface area contributed by atoms with Crippen LogP contribution in [0.15, 0.2) is 11.6 Å². The molecule has 3 nitrogen and oxygen atoms in total. The molecule has 0 aromatic heterocycles. The maximum absolute atomic E-state index is 10.0. The number of hydrogen-bond donors (Lipinski definition) is 1. The zero-order chi connectivity index (χ0) is 11.6. The Morgan fingerprint density at radius 3 is 2.47 bits per heavy atom. The first-order valence-electron chi connectivity index (χ1n) is 5.47. The quantitative estimate of drug-likeness (QED) is 0.731. The van der Waals surface area contributed by atoms with Crippen LogP contribution in [0.5, 0.6) is 0 Å². The lowest BCUT2D eigenvalue weighted by Crippen LogP contribution is -2.34. The highest BCUT2D eigenvalue weighted by Gasteiger charge is 2.38. The van der Waals surface area contributed by atoms with Crippen molar-refractivity contribution >= 4 is 0 Å². The van der Waals surface area contributed by atoms with Crippen LogP contribution in [0.4, 0.5) is 0 Å². The number of allylic oxidation sites excluding steroid dienone is 1. The second-order valence-electron chi connectivity index (χ2n) is 4.96. The van der Waals surface area contributed by atoms with Gasteiger partial charge in [0.05, 0.1) is 12.7 Å². The van der Waals surface area contributed by atoms with Gasteiger partial charge in [-0.1, -0.05) is 18.6 Å². The van der Waals surface area contributed by atoms with Gasteiger partial charge in [-0.15, -0.1) is 0 Å². The molecule has 15 heavy (non-hydrogen) atoms. The van der Waals surface area contributed by atoms with Crippen molar-refractivity contribution in [2.24, 2.45) is 5.92 Å². The van der Waals surface area contributed by atoms with E-state index >= 15 is 0 Å². The molecule has 1 heterocycles. The van der Waals surface area contributed by atoms with Crippen LogP contribution in [0.25, 0.3) is 0 Å². The second kappa shape index (κ2) is 4.64. The van der Waals surface area contributed by atoms with Gasteiger partial charge in [0.25, 0.3) is 0 Å². The molecule has 0 radical (unpaired) electrons. The van der Waals surface area contributed by atoms with E-state index in [1.54, 1.807) is 0 Å². The van der Waals surface area contributed by atoms with Crippen molar-refractivity contribution < 1.29 is 14.6 Å². The SMILES string of the molecule is CC(C)=C[C@@H](C)[C@@H](O)[C@H]1COC(C)(C)O1. The molecule has 1 N–H and O–H groups in total. The summed E-state index contributed by atoms with van der Waals surface area (Å²) in [4.78, 5) is 0. The highest BCUT2D eigenvalue weighted by atomic mass is 16.7. The van der Waals surface area contributed by atoms with Crippen LogP contribution in [0.1, 0.15) is 34.6 Å². The van der Waals surface area contributed by atoms with Gasteiger partial charge >= 0.3 is 0 Å². The van der Waals surface area contributed by atoms with Crippen LogP contribution in [0.2, 0.25) is 0 Å². The Balaban J connectivity index is 2.55. The summed E-state index contributed by atoms with van der Waals surface area (Å²) in [5, 5.41) is 10.0. The lowest BCUT2D eigenvalue weighted by Gasteiger charge is -2.23. The molecule has 0 aliphatic carbocycles. The Labute approximate surface area is 92.1 Å². The fourth-order valence-electron chi connectivity index (χ4n) is 1.85. The van der Waals surface area contributed by atoms with Crippen LogP contribution in [0, 0.1) is 5.92 Å². The molecule has 1 saturated heterocycles. The predicted octanol–water partition coefficient (Wildman–Crippen LogP) is 2.10. The van der Waals surface area contributed by atoms with Crippen molar-refractivity contribution in [2.75, 3.05) is 6.61 Å². The summed E-state index contributed by atoms with van der Waals surface area (Å²) >= 11 is 0. The Hall–Kier alpha value is -0.380. The van der Waals surface area contributed by atoms with Crippen molar-refractivity contribution in [2.45, 2.75) is 52.6 Å². The molecular formula is C12H22O3. The van der Waals surface area contributed by atoms with E-state index in [2.05, 4.69) is 6.08 Å². The summed E-state index contributed by atoms with van der Waals surface area (Å²) in [6.07, 6.45) is 1.34. The van der Waals surface area contributed by atoms with Gasteiger partial charge in [0.15, 0.2) is 5.79 Å². The van der Waals surface area contributed by atoms with Gasteiger partial charge in [-0.2, -0.15) is 0 Å². The third kappa shape index (κ3) is 3.59. The monoisotopic (exact) mass is 214 g/mol. The normalized spacial score (nSPS) is 28.5. The third-order valence-corrected chi connectivity index (χ3v) is 2.55. The Morgan fingerprint density at radius 1 is 1.47 bits per heavy atom. The highest BCUT2D eigenvalue weighted by molar-refractivity contribution is 5.00. The van der Waals surface area contributed by atoms with Crippen molar-refractivity contribution in [1.29, 1.82) is 0 Å². The molecule has 1 fully saturated rings. The summed E-state index contributed by atoms with van der Waals surface area (Å²) in [6.45, 7) is 10.2. The molecular weight excluding hydrogens is 192 g/mol. The Bertz CT molecular complexity index is 241.